The van der Waals surface area contributed by atoms with Gasteiger partial charge in [-0.2, -0.15) is 0 Å². The third kappa shape index (κ3) is 2.67. The molecule has 98 valence electrons. The molecule has 2 aromatic carbocycles. The molecule has 0 unspecified atom stereocenters. The minimum atomic E-state index is -0.143. The molecular weight excluding hydrogens is 311 g/mol. The van der Waals surface area contributed by atoms with Crippen LogP contribution in [0.25, 0.3) is 21.1 Å². The first-order chi connectivity index (χ1) is 9.74. The molecule has 0 atom stereocenters. The fourth-order valence-electron chi connectivity index (χ4n) is 2.12. The van der Waals surface area contributed by atoms with Gasteiger partial charge in [0.25, 0.3) is 0 Å². The first kappa shape index (κ1) is 13.1. The Bertz CT molecular complexity index is 771. The van der Waals surface area contributed by atoms with Crippen LogP contribution in [0.5, 0.6) is 0 Å². The fraction of sp³-hybridized carbons (Fsp3) is 0.0556. The number of benzene rings is 2. The molecule has 3 rings (SSSR count). The van der Waals surface area contributed by atoms with Crippen molar-refractivity contribution in [1.82, 2.24) is 0 Å². The number of aryl methyl sites for hydroxylation is 1. The third-order valence-electron chi connectivity index (χ3n) is 3.24. The van der Waals surface area contributed by atoms with E-state index in [1.54, 1.807) is 0 Å². The maximum atomic E-state index is 12.4. The molecule has 0 aliphatic heterocycles. The zero-order chi connectivity index (χ0) is 13.9. The summed E-state index contributed by atoms with van der Waals surface area (Å²) in [5, 5.41) is 0. The number of hydrogen-bond donors (Lipinski definition) is 0. The van der Waals surface area contributed by atoms with Crippen molar-refractivity contribution in [3.8, 4) is 21.1 Å². The predicted molar refractivity (Wildman–Crippen MR) is 85.3 cm³/mol. The van der Waals surface area contributed by atoms with Gasteiger partial charge in [0.1, 0.15) is 0 Å². The fourth-order valence-corrected chi connectivity index (χ4v) is 3.98. The van der Waals surface area contributed by atoms with Gasteiger partial charge in [-0.15, -0.1) is 0 Å². The van der Waals surface area contributed by atoms with Crippen LogP contribution in [0.15, 0.2) is 71.5 Å². The molecule has 0 fully saturated rings. The Morgan fingerprint density at radius 2 is 1.45 bits per heavy atom. The molecule has 0 saturated carbocycles. The van der Waals surface area contributed by atoms with Crippen LogP contribution in [0.4, 0.5) is 0 Å². The van der Waals surface area contributed by atoms with Crippen molar-refractivity contribution in [1.29, 1.82) is 0 Å². The van der Waals surface area contributed by atoms with E-state index in [-0.39, 0.29) is 18.8 Å². The van der Waals surface area contributed by atoms with E-state index in [9.17, 15) is 4.79 Å². The first-order valence-electron chi connectivity index (χ1n) is 6.51. The molecular formula is C18H14OSe. The summed E-state index contributed by atoms with van der Waals surface area (Å²) in [5.74, 6) is 0. The van der Waals surface area contributed by atoms with E-state index in [0.717, 1.165) is 21.1 Å². The van der Waals surface area contributed by atoms with Gasteiger partial charge in [-0.3, -0.25) is 0 Å². The molecule has 0 amide bonds. The van der Waals surface area contributed by atoms with Crippen LogP contribution in [0, 0.1) is 6.92 Å². The monoisotopic (exact) mass is 326 g/mol. The maximum absolute atomic E-state index is 12.4. The summed E-state index contributed by atoms with van der Waals surface area (Å²) in [4.78, 5) is 12.4. The van der Waals surface area contributed by atoms with Gasteiger partial charge in [0.15, 0.2) is 0 Å². The van der Waals surface area contributed by atoms with Crippen LogP contribution < -0.4 is 4.30 Å². The van der Waals surface area contributed by atoms with E-state index >= 15 is 0 Å². The molecule has 3 aromatic rings. The van der Waals surface area contributed by atoms with Gasteiger partial charge in [0.2, 0.25) is 0 Å². The number of rotatable bonds is 2. The Morgan fingerprint density at radius 3 is 2.10 bits per heavy atom. The molecule has 0 bridgehead atoms. The normalized spacial score (nSPS) is 10.4. The van der Waals surface area contributed by atoms with Crippen LogP contribution >= 0.6 is 0 Å². The van der Waals surface area contributed by atoms with Crippen molar-refractivity contribution in [2.24, 2.45) is 0 Å². The van der Waals surface area contributed by atoms with E-state index < -0.39 is 0 Å². The SMILES string of the molecule is Cc1ccc(-c2ccc(-c3ccccc3)[se]c2=O)cc1. The molecule has 1 aromatic heterocycles. The molecule has 0 aliphatic rings. The van der Waals surface area contributed by atoms with Crippen LogP contribution in [0.1, 0.15) is 5.56 Å². The van der Waals surface area contributed by atoms with Crippen molar-refractivity contribution < 1.29 is 0 Å². The molecule has 0 N–H and O–H groups in total. The van der Waals surface area contributed by atoms with Gasteiger partial charge >= 0.3 is 124 Å². The average Bonchev–Trinajstić information content (AvgIpc) is 2.49. The molecule has 0 spiro atoms. The molecule has 20 heavy (non-hydrogen) atoms. The number of hydrogen-bond acceptors (Lipinski definition) is 1. The Kier molecular flexibility index (Phi) is 3.68. The second-order valence-electron chi connectivity index (χ2n) is 4.73. The Labute approximate surface area is 124 Å². The molecule has 1 heterocycles. The zero-order valence-electron chi connectivity index (χ0n) is 11.2. The van der Waals surface area contributed by atoms with Gasteiger partial charge in [0, 0.05) is 0 Å². The second kappa shape index (κ2) is 5.62. The van der Waals surface area contributed by atoms with Crippen molar-refractivity contribution in [2.75, 3.05) is 0 Å². The average molecular weight is 325 g/mol. The third-order valence-corrected chi connectivity index (χ3v) is 5.34. The first-order valence-corrected chi connectivity index (χ1v) is 8.22. The molecule has 0 radical (unpaired) electrons. The van der Waals surface area contributed by atoms with Crippen molar-refractivity contribution in [3.05, 3.63) is 81.4 Å². The van der Waals surface area contributed by atoms with E-state index in [1.807, 2.05) is 48.5 Å². The van der Waals surface area contributed by atoms with Gasteiger partial charge in [-0.1, -0.05) is 0 Å². The van der Waals surface area contributed by atoms with E-state index in [0.29, 0.717) is 0 Å². The van der Waals surface area contributed by atoms with E-state index in [2.05, 4.69) is 25.1 Å². The van der Waals surface area contributed by atoms with Crippen molar-refractivity contribution in [3.63, 3.8) is 0 Å². The summed E-state index contributed by atoms with van der Waals surface area (Å²) in [7, 11) is 0. The molecule has 0 aliphatic carbocycles. The van der Waals surface area contributed by atoms with Gasteiger partial charge < -0.3 is 0 Å². The van der Waals surface area contributed by atoms with E-state index in [4.69, 9.17) is 0 Å². The summed E-state index contributed by atoms with van der Waals surface area (Å²) < 4.78 is 1.40. The summed E-state index contributed by atoms with van der Waals surface area (Å²) >= 11 is -0.143. The Morgan fingerprint density at radius 1 is 0.750 bits per heavy atom. The summed E-state index contributed by atoms with van der Waals surface area (Å²) in [6, 6.07) is 22.3. The molecule has 0 saturated heterocycles. The van der Waals surface area contributed by atoms with Gasteiger partial charge in [-0.05, 0) is 0 Å². The topological polar surface area (TPSA) is 17.1 Å². The molecule has 2 heteroatoms. The zero-order valence-corrected chi connectivity index (χ0v) is 12.9. The van der Waals surface area contributed by atoms with Crippen LogP contribution in [0.2, 0.25) is 0 Å². The van der Waals surface area contributed by atoms with Gasteiger partial charge in [0.05, 0.1) is 0 Å². The standard InChI is InChI=1S/C18H14OSe/c1-13-7-9-14(10-8-13)16-11-12-17(20-18(16)19)15-5-3-2-4-6-15/h2-12H,1H3. The summed E-state index contributed by atoms with van der Waals surface area (Å²) in [6.07, 6.45) is 0. The quantitative estimate of drug-likeness (QED) is 0.656. The van der Waals surface area contributed by atoms with Crippen LogP contribution in [-0.2, 0) is 0 Å². The Hall–Kier alpha value is -1.89. The summed E-state index contributed by atoms with van der Waals surface area (Å²) in [5.41, 5.74) is 4.22. The predicted octanol–water partition coefficient (Wildman–Crippen LogP) is 3.75. The molecule has 1 nitrogen and oxygen atoms in total. The van der Waals surface area contributed by atoms with Crippen molar-refractivity contribution >= 4 is 14.5 Å². The van der Waals surface area contributed by atoms with Crippen molar-refractivity contribution in [2.45, 2.75) is 6.92 Å². The van der Waals surface area contributed by atoms with Crippen LogP contribution in [0.3, 0.4) is 0 Å². The minimum absolute atomic E-state index is 0.143. The van der Waals surface area contributed by atoms with E-state index in [1.165, 1.54) is 5.56 Å². The second-order valence-corrected chi connectivity index (χ2v) is 6.86. The Balaban J connectivity index is 2.04. The van der Waals surface area contributed by atoms with Gasteiger partial charge in [-0.25, -0.2) is 0 Å². The van der Waals surface area contributed by atoms with Crippen LogP contribution in [-0.4, -0.2) is 14.5 Å². The summed E-state index contributed by atoms with van der Waals surface area (Å²) in [6.45, 7) is 2.05.